The number of nitrogens with zero attached hydrogens (tertiary/aromatic N) is 2. The summed E-state index contributed by atoms with van der Waals surface area (Å²) < 4.78 is 0. The van der Waals surface area contributed by atoms with E-state index in [9.17, 15) is 4.79 Å². The van der Waals surface area contributed by atoms with Crippen LogP contribution in [0, 0.1) is 0 Å². The van der Waals surface area contributed by atoms with Gasteiger partial charge < -0.3 is 9.80 Å². The van der Waals surface area contributed by atoms with Crippen LogP contribution < -0.4 is 0 Å². The molecule has 0 bridgehead atoms. The van der Waals surface area contributed by atoms with Gasteiger partial charge in [-0.15, -0.1) is 0 Å². The average molecular weight is 141 g/mol. The molecule has 57 valence electrons. The molecule has 1 fully saturated rings. The quantitative estimate of drug-likeness (QED) is 0.500. The fourth-order valence-corrected chi connectivity index (χ4v) is 1.14. The maximum absolute atomic E-state index is 10.2. The summed E-state index contributed by atoms with van der Waals surface area (Å²) in [5, 5.41) is 0. The monoisotopic (exact) mass is 141 g/mol. The summed E-state index contributed by atoms with van der Waals surface area (Å²) >= 11 is 0. The van der Waals surface area contributed by atoms with Crippen LogP contribution in [-0.2, 0) is 4.79 Å². The van der Waals surface area contributed by atoms with Gasteiger partial charge in [0.1, 0.15) is 0 Å². The Labute approximate surface area is 61.6 Å². The minimum Gasteiger partial charge on any atom is -0.333 e. The number of hydrogen-bond donors (Lipinski definition) is 0. The van der Waals surface area contributed by atoms with E-state index in [-0.39, 0.29) is 0 Å². The van der Waals surface area contributed by atoms with Gasteiger partial charge in [0, 0.05) is 19.6 Å². The lowest BCUT2D eigenvalue weighted by Gasteiger charge is -2.12. The van der Waals surface area contributed by atoms with Crippen molar-refractivity contribution in [1.82, 2.24) is 9.80 Å². The van der Waals surface area contributed by atoms with E-state index in [2.05, 4.69) is 11.9 Å². The predicted molar refractivity (Wildman–Crippen MR) is 39.4 cm³/mol. The Kier molecular flexibility index (Phi) is 2.68. The smallest absolute Gasteiger partial charge is 0.312 e. The summed E-state index contributed by atoms with van der Waals surface area (Å²) in [6.07, 6.45) is 3.00. The van der Waals surface area contributed by atoms with Crippen molar-refractivity contribution in [3.63, 3.8) is 0 Å². The van der Waals surface area contributed by atoms with Gasteiger partial charge in [0.15, 0.2) is 0 Å². The zero-order chi connectivity index (χ0) is 7.40. The van der Waals surface area contributed by atoms with E-state index in [1.54, 1.807) is 4.90 Å². The Morgan fingerprint density at radius 3 is 2.70 bits per heavy atom. The molecule has 1 radical (unpaired) electrons. The van der Waals surface area contributed by atoms with Crippen molar-refractivity contribution in [3.8, 4) is 0 Å². The molecule has 1 rings (SSSR count). The third-order valence-electron chi connectivity index (χ3n) is 1.85. The predicted octanol–water partition coefficient (Wildman–Crippen LogP) is -0.309. The molecule has 10 heavy (non-hydrogen) atoms. The van der Waals surface area contributed by atoms with Crippen molar-refractivity contribution in [2.24, 2.45) is 0 Å². The largest absolute Gasteiger partial charge is 0.333 e. The molecule has 0 aromatic rings. The lowest BCUT2D eigenvalue weighted by atomic mass is 10.4. The van der Waals surface area contributed by atoms with E-state index < -0.39 is 0 Å². The highest BCUT2D eigenvalue weighted by molar-refractivity contribution is 5.47. The van der Waals surface area contributed by atoms with Gasteiger partial charge in [-0.3, -0.25) is 4.79 Å². The van der Waals surface area contributed by atoms with Gasteiger partial charge >= 0.3 is 6.41 Å². The topological polar surface area (TPSA) is 23.6 Å². The molecule has 0 unspecified atom stereocenters. The highest BCUT2D eigenvalue weighted by Crippen LogP contribution is 1.97. The van der Waals surface area contributed by atoms with Gasteiger partial charge in [-0.1, -0.05) is 0 Å². The molecule has 3 heteroatoms. The fraction of sp³-hybridized carbons (Fsp3) is 0.857. The molecule has 1 saturated heterocycles. The molecule has 0 spiro atoms. The van der Waals surface area contributed by atoms with Crippen LogP contribution in [-0.4, -0.2) is 49.4 Å². The van der Waals surface area contributed by atoms with Crippen molar-refractivity contribution in [2.75, 3.05) is 33.2 Å². The fourth-order valence-electron chi connectivity index (χ4n) is 1.14. The second-order valence-electron chi connectivity index (χ2n) is 2.74. The molecular weight excluding hydrogens is 128 g/mol. The van der Waals surface area contributed by atoms with E-state index in [0.29, 0.717) is 0 Å². The van der Waals surface area contributed by atoms with Gasteiger partial charge in [-0.05, 0) is 20.0 Å². The molecule has 3 nitrogen and oxygen atoms in total. The van der Waals surface area contributed by atoms with Gasteiger partial charge in [0.2, 0.25) is 0 Å². The second-order valence-corrected chi connectivity index (χ2v) is 2.74. The molecule has 0 aromatic heterocycles. The van der Waals surface area contributed by atoms with E-state index in [1.165, 1.54) is 0 Å². The molecule has 0 atom stereocenters. The summed E-state index contributed by atoms with van der Waals surface area (Å²) in [5.41, 5.74) is 0. The lowest BCUT2D eigenvalue weighted by molar-refractivity contribution is 0.340. The van der Waals surface area contributed by atoms with Gasteiger partial charge in [-0.2, -0.15) is 0 Å². The van der Waals surface area contributed by atoms with Crippen LogP contribution in [0.2, 0.25) is 0 Å². The molecule has 1 heterocycles. The van der Waals surface area contributed by atoms with Crippen molar-refractivity contribution in [1.29, 1.82) is 0 Å². The number of rotatable bonds is 1. The standard InChI is InChI=1S/C7H13N2O/c1-8-3-2-4-9(7-10)6-5-8/h2-6H2,1H3. The summed E-state index contributed by atoms with van der Waals surface area (Å²) in [5.74, 6) is 0. The van der Waals surface area contributed by atoms with E-state index in [1.807, 2.05) is 6.41 Å². The van der Waals surface area contributed by atoms with Crippen molar-refractivity contribution in [2.45, 2.75) is 6.42 Å². The third-order valence-corrected chi connectivity index (χ3v) is 1.85. The number of hydrogen-bond acceptors (Lipinski definition) is 2. The van der Waals surface area contributed by atoms with Gasteiger partial charge in [0.25, 0.3) is 0 Å². The second kappa shape index (κ2) is 3.56. The van der Waals surface area contributed by atoms with Crippen LogP contribution in [0.1, 0.15) is 6.42 Å². The van der Waals surface area contributed by atoms with Crippen LogP contribution >= 0.6 is 0 Å². The first-order chi connectivity index (χ1) is 4.83. The van der Waals surface area contributed by atoms with Crippen LogP contribution in [0.4, 0.5) is 0 Å². The molecule has 0 aromatic carbocycles. The minimum absolute atomic E-state index is 0.833. The summed E-state index contributed by atoms with van der Waals surface area (Å²) in [7, 11) is 2.08. The summed E-state index contributed by atoms with van der Waals surface area (Å²) in [6, 6.07) is 0. The maximum Gasteiger partial charge on any atom is 0.312 e. The number of likely N-dealkylation sites (N-methyl/N-ethyl adjacent to an activating group) is 1. The van der Waals surface area contributed by atoms with E-state index in [4.69, 9.17) is 0 Å². The minimum atomic E-state index is 0.833. The maximum atomic E-state index is 10.2. The molecule has 0 saturated carbocycles. The summed E-state index contributed by atoms with van der Waals surface area (Å²) in [6.45, 7) is 3.78. The van der Waals surface area contributed by atoms with Crippen LogP contribution in [0.5, 0.6) is 0 Å². The molecule has 0 aliphatic carbocycles. The third kappa shape index (κ3) is 1.99. The number of carbonyl (C=O) groups excluding carboxylic acids is 1. The Balaban J connectivity index is 2.32. The van der Waals surface area contributed by atoms with Crippen molar-refractivity contribution >= 4 is 6.41 Å². The van der Waals surface area contributed by atoms with E-state index >= 15 is 0 Å². The molecule has 1 amide bonds. The highest BCUT2D eigenvalue weighted by atomic mass is 16.1. The Bertz CT molecular complexity index is 116. The first kappa shape index (κ1) is 7.54. The molecule has 1 aliphatic heterocycles. The molecule has 0 N–H and O–H groups in total. The summed E-state index contributed by atoms with van der Waals surface area (Å²) in [4.78, 5) is 14.1. The number of amides is 1. The van der Waals surface area contributed by atoms with Gasteiger partial charge in [-0.25, -0.2) is 0 Å². The Hall–Kier alpha value is -0.570. The Morgan fingerprint density at radius 2 is 2.00 bits per heavy atom. The van der Waals surface area contributed by atoms with Crippen LogP contribution in [0.3, 0.4) is 0 Å². The van der Waals surface area contributed by atoms with Crippen molar-refractivity contribution < 1.29 is 4.79 Å². The average Bonchev–Trinajstić information content (AvgIpc) is 2.14. The van der Waals surface area contributed by atoms with Crippen LogP contribution in [0.15, 0.2) is 0 Å². The zero-order valence-electron chi connectivity index (χ0n) is 6.34. The van der Waals surface area contributed by atoms with E-state index in [0.717, 1.165) is 32.6 Å². The Morgan fingerprint density at radius 1 is 1.20 bits per heavy atom. The first-order valence-electron chi connectivity index (χ1n) is 3.64. The highest BCUT2D eigenvalue weighted by Gasteiger charge is 2.09. The van der Waals surface area contributed by atoms with Crippen molar-refractivity contribution in [3.05, 3.63) is 0 Å². The first-order valence-corrected chi connectivity index (χ1v) is 3.64. The zero-order valence-corrected chi connectivity index (χ0v) is 6.34. The molecule has 1 aliphatic rings. The normalized spacial score (nSPS) is 22.3. The lowest BCUT2D eigenvalue weighted by Crippen LogP contribution is -2.27. The van der Waals surface area contributed by atoms with Gasteiger partial charge in [0.05, 0.1) is 0 Å². The SMILES string of the molecule is CN1CCCN([C]=O)CC1. The molecular formula is C7H13N2O. The van der Waals surface area contributed by atoms with Crippen LogP contribution in [0.25, 0.3) is 0 Å².